The molecule has 1 aliphatic carbocycles. The Labute approximate surface area is 255 Å². The monoisotopic (exact) mass is 644 g/mol. The lowest BCUT2D eigenvalue weighted by molar-refractivity contribution is -0.333. The first-order valence-electron chi connectivity index (χ1n) is 14.9. The Morgan fingerprint density at radius 2 is 1.39 bits per heavy atom. The molecule has 0 radical (unpaired) electrons. The Hall–Kier alpha value is -0.760. The molecule has 2 saturated heterocycles. The standard InChI is InChI=1S/C25H52N6O13/c26-2-1-9(33)5-30-7-13-17(36)19(38)20(39)25(41-13)43-22-11(28)3-12(31-6-10(34)4-27)23(21(22)40)44-24-18(37)15(29)16(35)14(8-32)42-24/h9-25,30-40H,1-8,26-29H2/t9?,10?,11-,12+,13+,14+,15-,16+,17+,18+,19-,20+,21-,22?,23-,24+,25+/m0/s1. The number of ether oxygens (including phenoxy) is 4. The SMILES string of the molecule is NCCC(O)CNC[C@H]1O[C@H](OC2[C@@H](N)C[C@@H](NCC(O)CN)[C@H](O[C@H]3O[C@H](CO)[C@@H](O)[C@H](N)[C@H]3O)[C@H]2O)[C@H](O)[C@@H](O)[C@@H]1O. The minimum atomic E-state index is -1.74. The third kappa shape index (κ3) is 9.19. The van der Waals surface area contributed by atoms with Crippen LogP contribution in [0.4, 0.5) is 0 Å². The summed E-state index contributed by atoms with van der Waals surface area (Å²) in [5.41, 5.74) is 23.2. The largest absolute Gasteiger partial charge is 0.394 e. The molecule has 0 aromatic carbocycles. The molecule has 2 aliphatic heterocycles. The lowest BCUT2D eigenvalue weighted by Crippen LogP contribution is -2.69. The molecule has 0 aromatic heterocycles. The number of hydrogen-bond donors (Lipinski definition) is 15. The Morgan fingerprint density at radius 3 is 2.02 bits per heavy atom. The van der Waals surface area contributed by atoms with Gasteiger partial charge in [-0.1, -0.05) is 0 Å². The first-order valence-corrected chi connectivity index (χ1v) is 14.9. The average molecular weight is 645 g/mol. The van der Waals surface area contributed by atoms with Crippen molar-refractivity contribution in [3.05, 3.63) is 0 Å². The van der Waals surface area contributed by atoms with Crippen LogP contribution in [0.15, 0.2) is 0 Å². The first-order chi connectivity index (χ1) is 20.8. The third-order valence-electron chi connectivity index (χ3n) is 8.32. The number of aliphatic hydroxyl groups excluding tert-OH is 9. The molecule has 0 spiro atoms. The number of aliphatic hydroxyl groups is 9. The minimum absolute atomic E-state index is 0.0131. The zero-order chi connectivity index (χ0) is 32.7. The van der Waals surface area contributed by atoms with Crippen molar-refractivity contribution in [2.45, 2.75) is 117 Å². The van der Waals surface area contributed by atoms with Gasteiger partial charge in [-0.15, -0.1) is 0 Å². The summed E-state index contributed by atoms with van der Waals surface area (Å²) in [5.74, 6) is 0. The highest BCUT2D eigenvalue weighted by atomic mass is 16.7. The van der Waals surface area contributed by atoms with Crippen LogP contribution >= 0.6 is 0 Å². The molecule has 260 valence electrons. The Morgan fingerprint density at radius 1 is 0.750 bits per heavy atom. The van der Waals surface area contributed by atoms with Crippen molar-refractivity contribution in [2.24, 2.45) is 22.9 Å². The van der Waals surface area contributed by atoms with Crippen LogP contribution in [0.25, 0.3) is 0 Å². The molecule has 19 N–H and O–H groups in total. The van der Waals surface area contributed by atoms with E-state index in [2.05, 4.69) is 10.6 Å². The average Bonchev–Trinajstić information content (AvgIpc) is 3.00. The van der Waals surface area contributed by atoms with Gasteiger partial charge in [0, 0.05) is 38.3 Å². The van der Waals surface area contributed by atoms with E-state index in [1.54, 1.807) is 0 Å². The second-order valence-corrected chi connectivity index (χ2v) is 11.7. The van der Waals surface area contributed by atoms with Gasteiger partial charge in [-0.25, -0.2) is 0 Å². The summed E-state index contributed by atoms with van der Waals surface area (Å²) < 4.78 is 23.1. The van der Waals surface area contributed by atoms with Crippen molar-refractivity contribution >= 4 is 0 Å². The predicted molar refractivity (Wildman–Crippen MR) is 150 cm³/mol. The van der Waals surface area contributed by atoms with Crippen molar-refractivity contribution in [1.82, 2.24) is 10.6 Å². The van der Waals surface area contributed by atoms with Crippen LogP contribution in [0.3, 0.4) is 0 Å². The van der Waals surface area contributed by atoms with Gasteiger partial charge in [-0.05, 0) is 19.4 Å². The minimum Gasteiger partial charge on any atom is -0.394 e. The molecule has 3 unspecified atom stereocenters. The molecule has 19 nitrogen and oxygen atoms in total. The second-order valence-electron chi connectivity index (χ2n) is 11.7. The zero-order valence-electron chi connectivity index (χ0n) is 24.4. The summed E-state index contributed by atoms with van der Waals surface area (Å²) in [6.07, 6.45) is -18.7. The van der Waals surface area contributed by atoms with Gasteiger partial charge in [-0.2, -0.15) is 0 Å². The summed E-state index contributed by atoms with van der Waals surface area (Å²) in [6, 6.07) is -2.95. The van der Waals surface area contributed by atoms with E-state index in [0.717, 1.165) is 0 Å². The second kappa shape index (κ2) is 17.4. The Balaban J connectivity index is 1.76. The molecule has 0 bridgehead atoms. The summed E-state index contributed by atoms with van der Waals surface area (Å²) in [6.45, 7) is -0.355. The van der Waals surface area contributed by atoms with Crippen molar-refractivity contribution in [2.75, 3.05) is 39.3 Å². The Kier molecular flexibility index (Phi) is 14.9. The van der Waals surface area contributed by atoms with Crippen LogP contribution < -0.4 is 33.6 Å². The van der Waals surface area contributed by atoms with E-state index in [0.29, 0.717) is 6.42 Å². The first kappa shape index (κ1) is 37.7. The fourth-order valence-electron chi connectivity index (χ4n) is 5.59. The number of rotatable bonds is 15. The Bertz CT molecular complexity index is 841. The zero-order valence-corrected chi connectivity index (χ0v) is 24.4. The molecule has 0 aromatic rings. The van der Waals surface area contributed by atoms with E-state index in [9.17, 15) is 46.0 Å². The smallest absolute Gasteiger partial charge is 0.187 e. The van der Waals surface area contributed by atoms with E-state index >= 15 is 0 Å². The van der Waals surface area contributed by atoms with E-state index in [1.807, 2.05) is 0 Å². The molecule has 19 heteroatoms. The maximum absolute atomic E-state index is 11.5. The van der Waals surface area contributed by atoms with Crippen LogP contribution in [0.2, 0.25) is 0 Å². The van der Waals surface area contributed by atoms with Crippen molar-refractivity contribution in [1.29, 1.82) is 0 Å². The van der Waals surface area contributed by atoms with Crippen LogP contribution in [-0.2, 0) is 18.9 Å². The van der Waals surface area contributed by atoms with Gasteiger partial charge in [0.1, 0.15) is 61.0 Å². The highest BCUT2D eigenvalue weighted by molar-refractivity contribution is 5.02. The molecular weight excluding hydrogens is 592 g/mol. The molecule has 3 rings (SSSR count). The molecule has 44 heavy (non-hydrogen) atoms. The molecule has 17 atom stereocenters. The number of nitrogens with two attached hydrogens (primary N) is 4. The van der Waals surface area contributed by atoms with Gasteiger partial charge in [0.2, 0.25) is 0 Å². The van der Waals surface area contributed by atoms with E-state index in [4.69, 9.17) is 41.9 Å². The van der Waals surface area contributed by atoms with Gasteiger partial charge in [0.15, 0.2) is 12.6 Å². The third-order valence-corrected chi connectivity index (χ3v) is 8.32. The van der Waals surface area contributed by atoms with Crippen LogP contribution in [-0.4, -0.2) is 189 Å². The summed E-state index contributed by atoms with van der Waals surface area (Å²) in [5, 5.41) is 99.4. The van der Waals surface area contributed by atoms with Crippen molar-refractivity contribution in [3.8, 4) is 0 Å². The van der Waals surface area contributed by atoms with Gasteiger partial charge in [-0.3, -0.25) is 0 Å². The van der Waals surface area contributed by atoms with Crippen molar-refractivity contribution in [3.63, 3.8) is 0 Å². The quantitative estimate of drug-likeness (QED) is 0.0786. The molecule has 3 aliphatic rings. The molecular formula is C25H52N6O13. The highest BCUT2D eigenvalue weighted by Gasteiger charge is 2.52. The molecule has 3 fully saturated rings. The van der Waals surface area contributed by atoms with Gasteiger partial charge >= 0.3 is 0 Å². The van der Waals surface area contributed by atoms with Gasteiger partial charge in [0.25, 0.3) is 0 Å². The van der Waals surface area contributed by atoms with E-state index < -0.39 is 111 Å². The fraction of sp³-hybridized carbons (Fsp3) is 1.00. The maximum Gasteiger partial charge on any atom is 0.187 e. The summed E-state index contributed by atoms with van der Waals surface area (Å²) >= 11 is 0. The fourth-order valence-corrected chi connectivity index (χ4v) is 5.59. The molecule has 1 saturated carbocycles. The molecule has 2 heterocycles. The van der Waals surface area contributed by atoms with Crippen LogP contribution in [0.5, 0.6) is 0 Å². The van der Waals surface area contributed by atoms with E-state index in [1.165, 1.54) is 0 Å². The predicted octanol–water partition coefficient (Wildman–Crippen LogP) is -9.00. The summed E-state index contributed by atoms with van der Waals surface area (Å²) in [7, 11) is 0. The van der Waals surface area contributed by atoms with E-state index in [-0.39, 0.29) is 39.1 Å². The summed E-state index contributed by atoms with van der Waals surface area (Å²) in [4.78, 5) is 0. The van der Waals surface area contributed by atoms with Crippen molar-refractivity contribution < 1.29 is 64.9 Å². The maximum atomic E-state index is 11.5. The number of nitrogens with one attached hydrogen (secondary N) is 2. The normalized spacial score (nSPS) is 44.8. The van der Waals surface area contributed by atoms with Crippen LogP contribution in [0.1, 0.15) is 12.8 Å². The number of hydrogen-bond acceptors (Lipinski definition) is 19. The topological polar surface area (TPSA) is 347 Å². The lowest BCUT2D eigenvalue weighted by Gasteiger charge is -2.49. The molecule has 0 amide bonds. The van der Waals surface area contributed by atoms with Gasteiger partial charge < -0.3 is 98.5 Å². The lowest BCUT2D eigenvalue weighted by atomic mass is 9.83. The highest BCUT2D eigenvalue weighted by Crippen LogP contribution is 2.32. The van der Waals surface area contributed by atoms with Crippen LogP contribution in [0, 0.1) is 0 Å². The van der Waals surface area contributed by atoms with Gasteiger partial charge in [0.05, 0.1) is 24.9 Å².